The lowest BCUT2D eigenvalue weighted by Gasteiger charge is -2.32. The zero-order chi connectivity index (χ0) is 26.6. The molecule has 0 spiro atoms. The fraction of sp³-hybridized carbons (Fsp3) is 0.296. The summed E-state index contributed by atoms with van der Waals surface area (Å²) in [7, 11) is 0. The monoisotopic (exact) mass is 535 g/mol. The minimum atomic E-state index is -0.269. The molecule has 0 radical (unpaired) electrons. The average molecular weight is 536 g/mol. The number of carbonyl (C=O) groups excluding carboxylic acids is 1. The van der Waals surface area contributed by atoms with Gasteiger partial charge in [-0.05, 0) is 60.0 Å². The second-order valence-corrected chi connectivity index (χ2v) is 11.2. The van der Waals surface area contributed by atoms with Crippen LogP contribution in [0.25, 0.3) is 0 Å². The van der Waals surface area contributed by atoms with Gasteiger partial charge in [-0.25, -0.2) is 15.0 Å². The molecule has 1 aliphatic rings. The number of nitrogens with two attached hydrogens (primary N) is 1. The maximum absolute atomic E-state index is 12.5. The van der Waals surface area contributed by atoms with Crippen molar-refractivity contribution in [2.24, 2.45) is 16.1 Å². The molecule has 1 saturated heterocycles. The molecule has 0 saturated carbocycles. The Kier molecular flexibility index (Phi) is 8.14. The summed E-state index contributed by atoms with van der Waals surface area (Å²) in [4.78, 5) is 29.4. The Bertz CT molecular complexity index is 1330. The Hall–Kier alpha value is -3.43. The Labute approximate surface area is 226 Å². The number of rotatable bonds is 8. The number of nitrogens with one attached hydrogen (secondary N) is 2. The lowest BCUT2D eigenvalue weighted by atomic mass is 9.88. The Morgan fingerprint density at radius 3 is 2.49 bits per heavy atom. The average Bonchev–Trinajstić information content (AvgIpc) is 2.78. The van der Waals surface area contributed by atoms with E-state index in [0.29, 0.717) is 38.8 Å². The summed E-state index contributed by atoms with van der Waals surface area (Å²) >= 11 is 7.53. The number of benzene rings is 2. The number of amides is 1. The van der Waals surface area contributed by atoms with Crippen molar-refractivity contribution in [3.05, 3.63) is 65.2 Å². The first-order valence-corrected chi connectivity index (χ1v) is 13.2. The van der Waals surface area contributed by atoms with Crippen LogP contribution in [0.4, 0.5) is 17.3 Å². The van der Waals surface area contributed by atoms with E-state index in [0.717, 1.165) is 30.2 Å². The Balaban J connectivity index is 1.50. The molecule has 192 valence electrons. The van der Waals surface area contributed by atoms with E-state index in [-0.39, 0.29) is 17.7 Å². The quantitative estimate of drug-likeness (QED) is 0.180. The van der Waals surface area contributed by atoms with Crippen LogP contribution in [-0.2, 0) is 0 Å². The number of aliphatic imine (C=N–C) groups is 1. The molecular formula is C27H30ClN7OS. The van der Waals surface area contributed by atoms with Gasteiger partial charge in [-0.1, -0.05) is 44.5 Å². The summed E-state index contributed by atoms with van der Waals surface area (Å²) in [6, 6.07) is 16.2. The second-order valence-electron chi connectivity index (χ2n) is 9.78. The van der Waals surface area contributed by atoms with Gasteiger partial charge in [0, 0.05) is 41.9 Å². The van der Waals surface area contributed by atoms with Crippen molar-refractivity contribution in [3.63, 3.8) is 0 Å². The summed E-state index contributed by atoms with van der Waals surface area (Å²) in [6.45, 7) is 7.83. The van der Waals surface area contributed by atoms with Gasteiger partial charge in [-0.3, -0.25) is 4.79 Å². The van der Waals surface area contributed by atoms with Gasteiger partial charge in [0.15, 0.2) is 11.0 Å². The first kappa shape index (κ1) is 26.6. The zero-order valence-corrected chi connectivity index (χ0v) is 22.7. The minimum absolute atomic E-state index is 0.267. The largest absolute Gasteiger partial charge is 0.387 e. The van der Waals surface area contributed by atoms with E-state index in [4.69, 9.17) is 27.7 Å². The standard InChI is InChI=1S/C27H30ClN7OS/c1-27(2,3)21(29)15-22(30)32-23-16-24(35-13-6-14-35)34-26(33-23)37-18-11-9-17(10-12-18)31-25(36)19-7-4-5-8-20(19)28/h4-5,7-12,16,29H,6,13-15H2,1-3H3,(H,31,36)(H2,30,32,33,34). The van der Waals surface area contributed by atoms with E-state index in [1.165, 1.54) is 11.8 Å². The lowest BCUT2D eigenvalue weighted by molar-refractivity contribution is 0.102. The summed E-state index contributed by atoms with van der Waals surface area (Å²) in [5.41, 5.74) is 7.50. The molecule has 2 heterocycles. The summed E-state index contributed by atoms with van der Waals surface area (Å²) in [6.07, 6.45) is 1.41. The number of nitrogens with zero attached hydrogens (tertiary/aromatic N) is 4. The van der Waals surface area contributed by atoms with Crippen LogP contribution in [-0.4, -0.2) is 40.5 Å². The normalized spacial score (nSPS) is 13.7. The van der Waals surface area contributed by atoms with Gasteiger partial charge >= 0.3 is 0 Å². The van der Waals surface area contributed by atoms with Crippen LogP contribution in [0.2, 0.25) is 5.02 Å². The smallest absolute Gasteiger partial charge is 0.257 e. The van der Waals surface area contributed by atoms with Crippen LogP contribution in [0, 0.1) is 10.8 Å². The van der Waals surface area contributed by atoms with Crippen LogP contribution in [0.3, 0.4) is 0 Å². The van der Waals surface area contributed by atoms with Gasteiger partial charge in [-0.2, -0.15) is 0 Å². The molecule has 1 fully saturated rings. The van der Waals surface area contributed by atoms with Crippen LogP contribution >= 0.6 is 23.4 Å². The van der Waals surface area contributed by atoms with E-state index < -0.39 is 0 Å². The van der Waals surface area contributed by atoms with Gasteiger partial charge in [-0.15, -0.1) is 0 Å². The number of aromatic nitrogens is 2. The SMILES string of the molecule is CC(C)(C)C(=N)CC(N)=Nc1cc(N2CCC2)nc(Sc2ccc(NC(=O)c3ccccc3Cl)cc2)n1. The predicted molar refractivity (Wildman–Crippen MR) is 152 cm³/mol. The molecule has 8 nitrogen and oxygen atoms in total. The van der Waals surface area contributed by atoms with E-state index in [1.807, 2.05) is 51.1 Å². The van der Waals surface area contributed by atoms with Gasteiger partial charge < -0.3 is 21.4 Å². The maximum atomic E-state index is 12.5. The van der Waals surface area contributed by atoms with Crippen molar-refractivity contribution < 1.29 is 4.79 Å². The molecule has 1 aromatic heterocycles. The van der Waals surface area contributed by atoms with Crippen molar-refractivity contribution in [2.75, 3.05) is 23.3 Å². The van der Waals surface area contributed by atoms with E-state index in [1.54, 1.807) is 24.3 Å². The zero-order valence-electron chi connectivity index (χ0n) is 21.1. The highest BCUT2D eigenvalue weighted by Gasteiger charge is 2.20. The number of hydrogen-bond donors (Lipinski definition) is 3. The summed E-state index contributed by atoms with van der Waals surface area (Å²) in [5.74, 6) is 1.37. The minimum Gasteiger partial charge on any atom is -0.387 e. The van der Waals surface area contributed by atoms with Crippen molar-refractivity contribution in [1.82, 2.24) is 9.97 Å². The van der Waals surface area contributed by atoms with Crippen molar-refractivity contribution >= 4 is 58.1 Å². The summed E-state index contributed by atoms with van der Waals surface area (Å²) < 4.78 is 0. The van der Waals surface area contributed by atoms with Gasteiger partial charge in [0.05, 0.1) is 10.6 Å². The Morgan fingerprint density at radius 1 is 1.16 bits per heavy atom. The fourth-order valence-electron chi connectivity index (χ4n) is 3.40. The van der Waals surface area contributed by atoms with Crippen molar-refractivity contribution in [1.29, 1.82) is 5.41 Å². The molecule has 0 bridgehead atoms. The highest BCUT2D eigenvalue weighted by atomic mass is 35.5. The molecule has 0 atom stereocenters. The van der Waals surface area contributed by atoms with Gasteiger partial charge in [0.1, 0.15) is 11.7 Å². The third kappa shape index (κ3) is 7.08. The molecule has 1 amide bonds. The van der Waals surface area contributed by atoms with Crippen LogP contribution < -0.4 is 16.0 Å². The van der Waals surface area contributed by atoms with Crippen molar-refractivity contribution in [3.8, 4) is 0 Å². The number of amidine groups is 1. The Morgan fingerprint density at radius 2 is 1.86 bits per heavy atom. The molecule has 10 heteroatoms. The van der Waals surface area contributed by atoms with Crippen LogP contribution in [0.15, 0.2) is 69.6 Å². The molecule has 37 heavy (non-hydrogen) atoms. The number of anilines is 2. The molecule has 4 N–H and O–H groups in total. The molecular weight excluding hydrogens is 506 g/mol. The molecule has 2 aromatic carbocycles. The molecule has 0 unspecified atom stereocenters. The first-order chi connectivity index (χ1) is 17.6. The molecule has 4 rings (SSSR count). The molecule has 3 aromatic rings. The maximum Gasteiger partial charge on any atom is 0.257 e. The first-order valence-electron chi connectivity index (χ1n) is 12.0. The topological polar surface area (TPSA) is 120 Å². The highest BCUT2D eigenvalue weighted by Crippen LogP contribution is 2.31. The van der Waals surface area contributed by atoms with Crippen molar-refractivity contribution in [2.45, 2.75) is 43.7 Å². The van der Waals surface area contributed by atoms with Crippen LogP contribution in [0.5, 0.6) is 0 Å². The van der Waals surface area contributed by atoms with E-state index in [9.17, 15) is 4.79 Å². The third-order valence-corrected chi connectivity index (χ3v) is 7.02. The van der Waals surface area contributed by atoms with E-state index in [2.05, 4.69) is 20.2 Å². The van der Waals surface area contributed by atoms with Gasteiger partial charge in [0.25, 0.3) is 5.91 Å². The number of hydrogen-bond acceptors (Lipinski definition) is 7. The second kappa shape index (κ2) is 11.3. The lowest BCUT2D eigenvalue weighted by Crippen LogP contribution is -2.37. The predicted octanol–water partition coefficient (Wildman–Crippen LogP) is 6.19. The van der Waals surface area contributed by atoms with E-state index >= 15 is 0 Å². The molecule has 1 aliphatic heterocycles. The molecule has 0 aliphatic carbocycles. The number of halogens is 1. The van der Waals surface area contributed by atoms with Crippen LogP contribution in [0.1, 0.15) is 44.0 Å². The highest BCUT2D eigenvalue weighted by molar-refractivity contribution is 7.99. The summed E-state index contributed by atoms with van der Waals surface area (Å²) in [5, 5.41) is 12.1. The number of carbonyl (C=O) groups is 1. The third-order valence-electron chi connectivity index (χ3n) is 5.82. The fourth-order valence-corrected chi connectivity index (χ4v) is 4.38. The van der Waals surface area contributed by atoms with Gasteiger partial charge in [0.2, 0.25) is 0 Å².